The summed E-state index contributed by atoms with van der Waals surface area (Å²) in [7, 11) is 0. The molecule has 2 N–H and O–H groups in total. The molecule has 0 aromatic heterocycles. The topological polar surface area (TPSA) is 46.3 Å². The molecule has 0 saturated heterocycles. The van der Waals surface area contributed by atoms with Crippen molar-refractivity contribution in [3.05, 3.63) is 35.4 Å². The average Bonchev–Trinajstić information content (AvgIpc) is 2.49. The molecule has 0 spiro atoms. The number of amides is 1. The first-order valence-corrected chi connectivity index (χ1v) is 7.80. The Kier molecular flexibility index (Phi) is 5.18. The number of hydrogen-bond donors (Lipinski definition) is 1. The van der Waals surface area contributed by atoms with Gasteiger partial charge >= 0.3 is 0 Å². The van der Waals surface area contributed by atoms with Crippen molar-refractivity contribution in [3.8, 4) is 0 Å². The highest BCUT2D eigenvalue weighted by atomic mass is 16.2. The van der Waals surface area contributed by atoms with E-state index in [4.69, 9.17) is 5.73 Å². The lowest BCUT2D eigenvalue weighted by atomic mass is 9.82. The third-order valence-electron chi connectivity index (χ3n) is 4.45. The first-order valence-electron chi connectivity index (χ1n) is 7.80. The van der Waals surface area contributed by atoms with E-state index in [0.29, 0.717) is 12.0 Å². The minimum absolute atomic E-state index is 0.132. The SMILES string of the molecule is CCN(CC)C(=O)c1ccc(C2CCC(N)CC2)cc1. The normalized spacial score (nSPS) is 22.6. The number of nitrogens with zero attached hydrogens (tertiary/aromatic N) is 1. The molecular weight excluding hydrogens is 248 g/mol. The Morgan fingerprint density at radius 2 is 1.65 bits per heavy atom. The van der Waals surface area contributed by atoms with E-state index in [2.05, 4.69) is 12.1 Å². The Morgan fingerprint density at radius 3 is 2.15 bits per heavy atom. The van der Waals surface area contributed by atoms with E-state index >= 15 is 0 Å². The van der Waals surface area contributed by atoms with Crippen LogP contribution in [0.15, 0.2) is 24.3 Å². The molecule has 0 radical (unpaired) electrons. The summed E-state index contributed by atoms with van der Waals surface area (Å²) in [5, 5.41) is 0. The zero-order chi connectivity index (χ0) is 14.5. The number of hydrogen-bond acceptors (Lipinski definition) is 2. The van der Waals surface area contributed by atoms with Crippen molar-refractivity contribution in [3.63, 3.8) is 0 Å². The van der Waals surface area contributed by atoms with Gasteiger partial charge in [0.2, 0.25) is 0 Å². The second-order valence-corrected chi connectivity index (χ2v) is 5.71. The summed E-state index contributed by atoms with van der Waals surface area (Å²) in [6.45, 7) is 5.55. The standard InChI is InChI=1S/C17H26N2O/c1-3-19(4-2)17(20)15-7-5-13(6-8-15)14-9-11-16(18)12-10-14/h5-8,14,16H,3-4,9-12,18H2,1-2H3. The van der Waals surface area contributed by atoms with E-state index in [9.17, 15) is 4.79 Å². The van der Waals surface area contributed by atoms with E-state index < -0.39 is 0 Å². The molecule has 1 fully saturated rings. The predicted octanol–water partition coefficient (Wildman–Crippen LogP) is 3.15. The Labute approximate surface area is 122 Å². The van der Waals surface area contributed by atoms with Gasteiger partial charge in [-0.05, 0) is 63.1 Å². The Bertz CT molecular complexity index is 429. The zero-order valence-electron chi connectivity index (χ0n) is 12.6. The molecule has 1 aliphatic carbocycles. The molecule has 0 atom stereocenters. The molecular formula is C17H26N2O. The van der Waals surface area contributed by atoms with Gasteiger partial charge in [-0.25, -0.2) is 0 Å². The number of nitrogens with two attached hydrogens (primary N) is 1. The predicted molar refractivity (Wildman–Crippen MR) is 82.9 cm³/mol. The quantitative estimate of drug-likeness (QED) is 0.916. The Balaban J connectivity index is 2.04. The summed E-state index contributed by atoms with van der Waals surface area (Å²) >= 11 is 0. The first kappa shape index (κ1) is 15.0. The summed E-state index contributed by atoms with van der Waals surface area (Å²) < 4.78 is 0. The van der Waals surface area contributed by atoms with Crippen LogP contribution in [0.5, 0.6) is 0 Å². The van der Waals surface area contributed by atoms with Crippen LogP contribution in [0.3, 0.4) is 0 Å². The van der Waals surface area contributed by atoms with Gasteiger partial charge in [0.1, 0.15) is 0 Å². The number of rotatable bonds is 4. The minimum Gasteiger partial charge on any atom is -0.339 e. The second-order valence-electron chi connectivity index (χ2n) is 5.71. The maximum Gasteiger partial charge on any atom is 0.253 e. The van der Waals surface area contributed by atoms with Crippen LogP contribution in [-0.4, -0.2) is 29.9 Å². The smallest absolute Gasteiger partial charge is 0.253 e. The van der Waals surface area contributed by atoms with Gasteiger partial charge in [-0.3, -0.25) is 4.79 Å². The van der Waals surface area contributed by atoms with Crippen molar-refractivity contribution in [2.45, 2.75) is 51.5 Å². The van der Waals surface area contributed by atoms with Crippen molar-refractivity contribution in [2.24, 2.45) is 5.73 Å². The number of carbonyl (C=O) groups is 1. The molecule has 0 aliphatic heterocycles. The van der Waals surface area contributed by atoms with Crippen molar-refractivity contribution >= 4 is 5.91 Å². The summed E-state index contributed by atoms with van der Waals surface area (Å²) in [4.78, 5) is 14.1. The fourth-order valence-electron chi connectivity index (χ4n) is 3.04. The second kappa shape index (κ2) is 6.89. The number of benzene rings is 1. The largest absolute Gasteiger partial charge is 0.339 e. The van der Waals surface area contributed by atoms with Crippen LogP contribution in [0, 0.1) is 0 Å². The zero-order valence-corrected chi connectivity index (χ0v) is 12.6. The maximum absolute atomic E-state index is 12.2. The van der Waals surface area contributed by atoms with Gasteiger partial charge in [0.15, 0.2) is 0 Å². The molecule has 1 amide bonds. The molecule has 1 saturated carbocycles. The minimum atomic E-state index is 0.132. The molecule has 110 valence electrons. The van der Waals surface area contributed by atoms with E-state index in [0.717, 1.165) is 31.5 Å². The molecule has 2 rings (SSSR count). The highest BCUT2D eigenvalue weighted by Crippen LogP contribution is 2.32. The highest BCUT2D eigenvalue weighted by molar-refractivity contribution is 5.94. The van der Waals surface area contributed by atoms with Gasteiger partial charge in [-0.2, -0.15) is 0 Å². The van der Waals surface area contributed by atoms with Crippen molar-refractivity contribution in [1.82, 2.24) is 4.90 Å². The summed E-state index contributed by atoms with van der Waals surface area (Å²) in [5.41, 5.74) is 8.10. The third kappa shape index (κ3) is 3.40. The molecule has 0 bridgehead atoms. The van der Waals surface area contributed by atoms with Gasteiger partial charge in [0.05, 0.1) is 0 Å². The molecule has 1 aliphatic rings. The lowest BCUT2D eigenvalue weighted by Gasteiger charge is -2.26. The van der Waals surface area contributed by atoms with E-state index in [-0.39, 0.29) is 5.91 Å². The van der Waals surface area contributed by atoms with Gasteiger partial charge in [0.25, 0.3) is 5.91 Å². The monoisotopic (exact) mass is 274 g/mol. The van der Waals surface area contributed by atoms with Gasteiger partial charge in [0, 0.05) is 24.7 Å². The lowest BCUT2D eigenvalue weighted by Crippen LogP contribution is -2.30. The van der Waals surface area contributed by atoms with E-state index in [1.807, 2.05) is 30.9 Å². The van der Waals surface area contributed by atoms with Crippen molar-refractivity contribution in [2.75, 3.05) is 13.1 Å². The molecule has 0 heterocycles. The molecule has 3 heteroatoms. The fourth-order valence-corrected chi connectivity index (χ4v) is 3.04. The molecule has 3 nitrogen and oxygen atoms in total. The molecule has 20 heavy (non-hydrogen) atoms. The Hall–Kier alpha value is -1.35. The third-order valence-corrected chi connectivity index (χ3v) is 4.45. The first-order chi connectivity index (χ1) is 9.65. The highest BCUT2D eigenvalue weighted by Gasteiger charge is 2.20. The van der Waals surface area contributed by atoms with Gasteiger partial charge in [-0.15, -0.1) is 0 Å². The van der Waals surface area contributed by atoms with Crippen LogP contribution in [0.4, 0.5) is 0 Å². The molecule has 1 aromatic rings. The number of carbonyl (C=O) groups excluding carboxylic acids is 1. The van der Waals surface area contributed by atoms with E-state index in [1.165, 1.54) is 18.4 Å². The lowest BCUT2D eigenvalue weighted by molar-refractivity contribution is 0.0773. The molecule has 1 aromatic carbocycles. The average molecular weight is 274 g/mol. The van der Waals surface area contributed by atoms with Crippen molar-refractivity contribution < 1.29 is 4.79 Å². The van der Waals surface area contributed by atoms with Crippen LogP contribution < -0.4 is 5.73 Å². The summed E-state index contributed by atoms with van der Waals surface area (Å²) in [6, 6.07) is 8.58. The molecule has 0 unspecified atom stereocenters. The Morgan fingerprint density at radius 1 is 1.10 bits per heavy atom. The van der Waals surface area contributed by atoms with Crippen LogP contribution in [0.1, 0.15) is 61.4 Å². The van der Waals surface area contributed by atoms with Crippen molar-refractivity contribution in [1.29, 1.82) is 0 Å². The van der Waals surface area contributed by atoms with Crippen LogP contribution in [0.2, 0.25) is 0 Å². The van der Waals surface area contributed by atoms with Gasteiger partial charge in [-0.1, -0.05) is 12.1 Å². The fraction of sp³-hybridized carbons (Fsp3) is 0.588. The maximum atomic E-state index is 12.2. The van der Waals surface area contributed by atoms with Crippen LogP contribution in [-0.2, 0) is 0 Å². The van der Waals surface area contributed by atoms with Gasteiger partial charge < -0.3 is 10.6 Å². The van der Waals surface area contributed by atoms with Crippen LogP contribution in [0.25, 0.3) is 0 Å². The summed E-state index contributed by atoms with van der Waals surface area (Å²) in [5.74, 6) is 0.750. The van der Waals surface area contributed by atoms with E-state index in [1.54, 1.807) is 0 Å². The van der Waals surface area contributed by atoms with Crippen LogP contribution >= 0.6 is 0 Å². The summed E-state index contributed by atoms with van der Waals surface area (Å²) in [6.07, 6.45) is 4.57.